The van der Waals surface area contributed by atoms with E-state index in [0.29, 0.717) is 11.1 Å². The smallest absolute Gasteiger partial charge is 0.312 e. The Kier molecular flexibility index (Phi) is 16.2. The molecule has 0 radical (unpaired) electrons. The molecule has 0 unspecified atom stereocenters. The molecule has 1 rings (SSSR count). The van der Waals surface area contributed by atoms with Gasteiger partial charge in [0.1, 0.15) is 12.1 Å². The van der Waals surface area contributed by atoms with Crippen LogP contribution >= 0.6 is 0 Å². The highest BCUT2D eigenvalue weighted by molar-refractivity contribution is 7.00. The van der Waals surface area contributed by atoms with Gasteiger partial charge in [-0.3, -0.25) is 0 Å². The van der Waals surface area contributed by atoms with Crippen LogP contribution in [0, 0.1) is 22.7 Å². The van der Waals surface area contributed by atoms with Gasteiger partial charge in [0, 0.05) is 0 Å². The molecular formula is C32H68N2O6Si8. The van der Waals surface area contributed by atoms with E-state index in [1.165, 1.54) is 12.8 Å². The molecule has 0 aliphatic heterocycles. The van der Waals surface area contributed by atoms with Crippen LogP contribution in [0.1, 0.15) is 50.7 Å². The van der Waals surface area contributed by atoms with E-state index in [9.17, 15) is 10.5 Å². The van der Waals surface area contributed by atoms with Gasteiger partial charge in [-0.15, -0.1) is 0 Å². The predicted molar refractivity (Wildman–Crippen MR) is 221 cm³/mol. The summed E-state index contributed by atoms with van der Waals surface area (Å²) in [4.78, 5) is 0. The minimum absolute atomic E-state index is 0.362. The molecule has 48 heavy (non-hydrogen) atoms. The number of rotatable bonds is 20. The molecule has 0 bridgehead atoms. The maximum atomic E-state index is 10.1. The van der Waals surface area contributed by atoms with Gasteiger partial charge in [0.05, 0.1) is 11.1 Å². The second-order valence-corrected chi connectivity index (χ2v) is 48.4. The Morgan fingerprint density at radius 1 is 0.458 bits per heavy atom. The maximum absolute atomic E-state index is 10.1. The van der Waals surface area contributed by atoms with E-state index >= 15 is 0 Å². The zero-order chi connectivity index (χ0) is 37.6. The van der Waals surface area contributed by atoms with Crippen molar-refractivity contribution in [2.75, 3.05) is 0 Å². The topological polar surface area (TPSA) is 103 Å². The fourth-order valence-electron chi connectivity index (χ4n) is 7.02. The van der Waals surface area contributed by atoms with Crippen molar-refractivity contribution in [3.05, 3.63) is 23.3 Å². The van der Waals surface area contributed by atoms with Gasteiger partial charge in [0.15, 0.2) is 16.6 Å². The van der Waals surface area contributed by atoms with Crippen LogP contribution in [0.3, 0.4) is 0 Å². The van der Waals surface area contributed by atoms with Gasteiger partial charge in [-0.25, -0.2) is 0 Å². The molecule has 16 heteroatoms. The van der Waals surface area contributed by atoms with Crippen LogP contribution < -0.4 is 10.4 Å². The standard InChI is InChI=1S/C32H68N2O6Si8/c1-19-21-23-41(3,4)35-45(11,12)39-47(15,16)37-43(7,8)31-25-29(27-33)30(28-34)26-32(31)44(9,10)38-48(17,18)40-46(13,14)36-42(5,6)24-22-20-2/h25-26H,19-24H2,1-18H3. The van der Waals surface area contributed by atoms with Gasteiger partial charge in [0.25, 0.3) is 0 Å². The quantitative estimate of drug-likeness (QED) is 0.120. The third kappa shape index (κ3) is 15.1. The van der Waals surface area contributed by atoms with E-state index in [4.69, 9.17) is 24.7 Å². The van der Waals surface area contributed by atoms with Crippen LogP contribution in [0.5, 0.6) is 0 Å². The first-order valence-electron chi connectivity index (χ1n) is 17.7. The minimum Gasteiger partial charge on any atom is -0.436 e. The molecule has 0 aliphatic carbocycles. The van der Waals surface area contributed by atoms with Crippen LogP contribution in [0.15, 0.2) is 12.1 Å². The lowest BCUT2D eigenvalue weighted by molar-refractivity contribution is 0.327. The Hall–Kier alpha value is -0.305. The fourth-order valence-corrected chi connectivity index (χ4v) is 47.5. The molecule has 0 spiro atoms. The molecular weight excluding hydrogens is 733 g/mol. The predicted octanol–water partition coefficient (Wildman–Crippen LogP) is 9.17. The molecule has 0 atom stereocenters. The maximum Gasteiger partial charge on any atom is 0.312 e. The molecule has 0 fully saturated rings. The molecule has 0 aromatic heterocycles. The average Bonchev–Trinajstić information content (AvgIpc) is 2.85. The Morgan fingerprint density at radius 3 is 0.979 bits per heavy atom. The lowest BCUT2D eigenvalue weighted by Gasteiger charge is -2.43. The minimum atomic E-state index is -2.73. The van der Waals surface area contributed by atoms with E-state index < -0.39 is 67.5 Å². The van der Waals surface area contributed by atoms with Gasteiger partial charge in [-0.05, 0) is 139 Å². The van der Waals surface area contributed by atoms with Crippen molar-refractivity contribution < 1.29 is 24.7 Å². The van der Waals surface area contributed by atoms with Crippen molar-refractivity contribution in [2.45, 2.75) is 156 Å². The van der Waals surface area contributed by atoms with Crippen LogP contribution in [0.4, 0.5) is 0 Å². The zero-order valence-corrected chi connectivity index (χ0v) is 41.7. The largest absolute Gasteiger partial charge is 0.436 e. The second-order valence-electron chi connectivity index (χ2n) is 17.1. The Morgan fingerprint density at radius 2 is 0.729 bits per heavy atom. The summed E-state index contributed by atoms with van der Waals surface area (Å²) in [5.74, 6) is 0. The summed E-state index contributed by atoms with van der Waals surface area (Å²) in [5.41, 5.74) is 0.725. The number of hydrogen-bond donors (Lipinski definition) is 0. The number of benzene rings is 1. The molecule has 0 aliphatic rings. The SMILES string of the molecule is CCCC[Si](C)(C)O[Si](C)(C)O[Si](C)(C)O[Si](C)(C)c1cc(C#N)c(C#N)cc1[Si](C)(C)O[Si](C)(C)O[Si](C)(C)O[Si](C)(C)CCCC. The van der Waals surface area contributed by atoms with Crippen molar-refractivity contribution >= 4 is 77.9 Å². The highest BCUT2D eigenvalue weighted by atomic mass is 28.5. The molecule has 1 aromatic rings. The first kappa shape index (κ1) is 45.7. The average molecular weight is 802 g/mol. The number of nitriles is 2. The van der Waals surface area contributed by atoms with Gasteiger partial charge in [0.2, 0.25) is 16.6 Å². The Bertz CT molecular complexity index is 1220. The Labute approximate surface area is 303 Å². The van der Waals surface area contributed by atoms with E-state index in [1.54, 1.807) is 0 Å². The van der Waals surface area contributed by atoms with Gasteiger partial charge in [-0.1, -0.05) is 39.5 Å². The normalized spacial score (nSPS) is 14.2. The van der Waals surface area contributed by atoms with E-state index in [2.05, 4.69) is 131 Å². The zero-order valence-electron chi connectivity index (χ0n) is 33.7. The van der Waals surface area contributed by atoms with E-state index in [1.807, 2.05) is 12.1 Å². The summed E-state index contributed by atoms with van der Waals surface area (Å²) in [5, 5.41) is 22.1. The van der Waals surface area contributed by atoms with Gasteiger partial charge < -0.3 is 24.7 Å². The van der Waals surface area contributed by atoms with Crippen molar-refractivity contribution in [3.8, 4) is 12.1 Å². The summed E-state index contributed by atoms with van der Waals surface area (Å²) in [6.45, 7) is 39.2. The summed E-state index contributed by atoms with van der Waals surface area (Å²) >= 11 is 0. The first-order chi connectivity index (χ1) is 21.5. The highest BCUT2D eigenvalue weighted by Gasteiger charge is 2.48. The molecule has 0 N–H and O–H groups in total. The van der Waals surface area contributed by atoms with Crippen LogP contribution in [0.2, 0.25) is 117 Å². The summed E-state index contributed by atoms with van der Waals surface area (Å²) in [6, 6.07) is 10.5. The molecule has 274 valence electrons. The summed E-state index contributed by atoms with van der Waals surface area (Å²) in [6.07, 6.45) is 4.65. The van der Waals surface area contributed by atoms with Crippen LogP contribution in [0.25, 0.3) is 0 Å². The summed E-state index contributed by atoms with van der Waals surface area (Å²) in [7, 11) is -19.6. The van der Waals surface area contributed by atoms with Crippen molar-refractivity contribution in [1.29, 1.82) is 10.5 Å². The molecule has 0 heterocycles. The third-order valence-corrected chi connectivity index (χ3v) is 39.0. The number of hydrogen-bond acceptors (Lipinski definition) is 8. The fraction of sp³-hybridized carbons (Fsp3) is 0.750. The highest BCUT2D eigenvalue weighted by Crippen LogP contribution is 2.29. The van der Waals surface area contributed by atoms with Crippen LogP contribution in [-0.4, -0.2) is 67.5 Å². The third-order valence-electron chi connectivity index (χ3n) is 7.99. The monoisotopic (exact) mass is 800 g/mol. The van der Waals surface area contributed by atoms with Gasteiger partial charge in [-0.2, -0.15) is 10.5 Å². The van der Waals surface area contributed by atoms with Crippen molar-refractivity contribution in [3.63, 3.8) is 0 Å². The number of unbranched alkanes of at least 4 members (excludes halogenated alkanes) is 2. The lowest BCUT2D eigenvalue weighted by atomic mass is 10.1. The molecule has 0 amide bonds. The molecule has 0 saturated carbocycles. The van der Waals surface area contributed by atoms with Crippen molar-refractivity contribution in [1.82, 2.24) is 0 Å². The summed E-state index contributed by atoms with van der Waals surface area (Å²) < 4.78 is 41.6. The van der Waals surface area contributed by atoms with Crippen LogP contribution in [-0.2, 0) is 24.7 Å². The molecule has 0 saturated heterocycles. The molecule has 8 nitrogen and oxygen atoms in total. The number of nitrogens with zero attached hydrogens (tertiary/aromatic N) is 2. The lowest BCUT2D eigenvalue weighted by Crippen LogP contribution is -2.67. The van der Waals surface area contributed by atoms with Gasteiger partial charge >= 0.3 is 34.2 Å². The van der Waals surface area contributed by atoms with Crippen molar-refractivity contribution in [2.24, 2.45) is 0 Å². The van der Waals surface area contributed by atoms with E-state index in [0.717, 1.165) is 35.3 Å². The molecule has 1 aromatic carbocycles. The Balaban J connectivity index is 3.52. The first-order valence-corrected chi connectivity index (χ1v) is 41.0. The second kappa shape index (κ2) is 17.0. The van der Waals surface area contributed by atoms with E-state index in [-0.39, 0.29) is 0 Å².